The molecule has 0 saturated carbocycles. The fraction of sp³-hybridized carbons (Fsp3) is 0.222. The van der Waals surface area contributed by atoms with E-state index in [-0.39, 0.29) is 17.5 Å². The van der Waals surface area contributed by atoms with Gasteiger partial charge in [-0.05, 0) is 30.7 Å². The Balaban J connectivity index is 1.69. The van der Waals surface area contributed by atoms with Crippen molar-refractivity contribution in [3.8, 4) is 17.1 Å². The van der Waals surface area contributed by atoms with Crippen LogP contribution in [-0.4, -0.2) is 42.0 Å². The van der Waals surface area contributed by atoms with Crippen LogP contribution in [0.3, 0.4) is 0 Å². The summed E-state index contributed by atoms with van der Waals surface area (Å²) in [5.41, 5.74) is 2.40. The number of hydrogen-bond donors (Lipinski definition) is 0. The van der Waals surface area contributed by atoms with Crippen molar-refractivity contribution in [3.05, 3.63) is 60.5 Å². The van der Waals surface area contributed by atoms with Crippen LogP contribution in [0.1, 0.15) is 12.0 Å². The van der Waals surface area contributed by atoms with Crippen LogP contribution in [0.2, 0.25) is 0 Å². The molecule has 0 amide bonds. The standard InChI is InChI=1S/C18H17N3O3S/c22-25(23)10-8-15(13-25)19-11-14-12-21(16-5-2-1-3-6-16)20-18(14)17-7-4-9-24-17/h1-7,9,11-12,15H,8,10,13H2/t15-/m1/s1. The molecule has 4 rings (SSSR count). The van der Waals surface area contributed by atoms with Gasteiger partial charge in [0.05, 0.1) is 29.5 Å². The number of nitrogens with zero attached hydrogens (tertiary/aromatic N) is 3. The molecule has 6 nitrogen and oxygen atoms in total. The molecule has 0 radical (unpaired) electrons. The third-order valence-electron chi connectivity index (χ3n) is 4.15. The molecule has 128 valence electrons. The van der Waals surface area contributed by atoms with E-state index in [1.165, 1.54) is 0 Å². The van der Waals surface area contributed by atoms with Gasteiger partial charge < -0.3 is 4.42 Å². The summed E-state index contributed by atoms with van der Waals surface area (Å²) in [6.45, 7) is 0. The van der Waals surface area contributed by atoms with E-state index < -0.39 is 9.84 Å². The molecule has 1 fully saturated rings. The van der Waals surface area contributed by atoms with Gasteiger partial charge in [0.15, 0.2) is 15.6 Å². The van der Waals surface area contributed by atoms with E-state index in [1.54, 1.807) is 23.2 Å². The number of rotatable bonds is 4. The van der Waals surface area contributed by atoms with Crippen molar-refractivity contribution in [3.63, 3.8) is 0 Å². The zero-order chi connectivity index (χ0) is 17.3. The van der Waals surface area contributed by atoms with Gasteiger partial charge in [-0.3, -0.25) is 4.99 Å². The highest BCUT2D eigenvalue weighted by atomic mass is 32.2. The van der Waals surface area contributed by atoms with Crippen LogP contribution in [0.4, 0.5) is 0 Å². The Labute approximate surface area is 145 Å². The van der Waals surface area contributed by atoms with Gasteiger partial charge in [-0.1, -0.05) is 18.2 Å². The first-order chi connectivity index (χ1) is 12.1. The van der Waals surface area contributed by atoms with Gasteiger partial charge in [-0.2, -0.15) is 5.10 Å². The molecule has 1 aliphatic heterocycles. The van der Waals surface area contributed by atoms with E-state index in [1.807, 2.05) is 42.6 Å². The molecule has 0 bridgehead atoms. The van der Waals surface area contributed by atoms with Crippen LogP contribution >= 0.6 is 0 Å². The van der Waals surface area contributed by atoms with Gasteiger partial charge in [0.2, 0.25) is 0 Å². The van der Waals surface area contributed by atoms with Crippen LogP contribution in [0.15, 0.2) is 64.3 Å². The highest BCUT2D eigenvalue weighted by molar-refractivity contribution is 7.91. The fourth-order valence-electron chi connectivity index (χ4n) is 2.88. The van der Waals surface area contributed by atoms with E-state index in [4.69, 9.17) is 4.42 Å². The molecule has 0 aliphatic carbocycles. The van der Waals surface area contributed by atoms with Crippen LogP contribution < -0.4 is 0 Å². The van der Waals surface area contributed by atoms with Gasteiger partial charge in [0, 0.05) is 18.0 Å². The van der Waals surface area contributed by atoms with Crippen molar-refractivity contribution in [2.75, 3.05) is 11.5 Å². The summed E-state index contributed by atoms with van der Waals surface area (Å²) >= 11 is 0. The van der Waals surface area contributed by atoms with Crippen LogP contribution in [0.5, 0.6) is 0 Å². The normalized spacial score (nSPS) is 19.6. The number of para-hydroxylation sites is 1. The summed E-state index contributed by atoms with van der Waals surface area (Å²) < 4.78 is 30.4. The van der Waals surface area contributed by atoms with Crippen molar-refractivity contribution in [1.29, 1.82) is 0 Å². The lowest BCUT2D eigenvalue weighted by atomic mass is 10.2. The smallest absolute Gasteiger partial charge is 0.154 e. The van der Waals surface area contributed by atoms with Crippen LogP contribution in [-0.2, 0) is 9.84 Å². The second-order valence-corrected chi connectivity index (χ2v) is 8.25. The Kier molecular flexibility index (Phi) is 4.01. The first-order valence-corrected chi connectivity index (χ1v) is 9.85. The number of benzene rings is 1. The minimum Gasteiger partial charge on any atom is -0.463 e. The number of aliphatic imine (C=N–C) groups is 1. The van der Waals surface area contributed by atoms with E-state index in [0.717, 1.165) is 11.3 Å². The maximum absolute atomic E-state index is 11.6. The molecule has 0 spiro atoms. The second kappa shape index (κ2) is 6.33. The SMILES string of the molecule is O=S1(=O)CC[C@@H](N=Cc2cn(-c3ccccc3)nc2-c2ccco2)C1. The topological polar surface area (TPSA) is 77.5 Å². The van der Waals surface area contributed by atoms with E-state index in [9.17, 15) is 8.42 Å². The van der Waals surface area contributed by atoms with Gasteiger partial charge in [0.1, 0.15) is 5.69 Å². The highest BCUT2D eigenvalue weighted by Crippen LogP contribution is 2.23. The van der Waals surface area contributed by atoms with Gasteiger partial charge in [0.25, 0.3) is 0 Å². The summed E-state index contributed by atoms with van der Waals surface area (Å²) in [6.07, 6.45) is 5.75. The quantitative estimate of drug-likeness (QED) is 0.674. The summed E-state index contributed by atoms with van der Waals surface area (Å²) in [5, 5.41) is 4.61. The monoisotopic (exact) mass is 355 g/mol. The third-order valence-corrected chi connectivity index (χ3v) is 5.90. The van der Waals surface area contributed by atoms with Crippen molar-refractivity contribution >= 4 is 16.1 Å². The Morgan fingerprint density at radius 1 is 1.20 bits per heavy atom. The lowest BCUT2D eigenvalue weighted by molar-refractivity contribution is 0.579. The summed E-state index contributed by atoms with van der Waals surface area (Å²) in [7, 11) is -2.94. The zero-order valence-corrected chi connectivity index (χ0v) is 14.3. The molecule has 1 saturated heterocycles. The lowest BCUT2D eigenvalue weighted by Crippen LogP contribution is -2.07. The van der Waals surface area contributed by atoms with Crippen molar-refractivity contribution in [1.82, 2.24) is 9.78 Å². The Morgan fingerprint density at radius 2 is 2.04 bits per heavy atom. The van der Waals surface area contributed by atoms with Crippen molar-refractivity contribution in [2.24, 2.45) is 4.99 Å². The molecule has 1 aliphatic rings. The molecule has 3 heterocycles. The first-order valence-electron chi connectivity index (χ1n) is 8.03. The zero-order valence-electron chi connectivity index (χ0n) is 13.4. The maximum atomic E-state index is 11.6. The van der Waals surface area contributed by atoms with Crippen LogP contribution in [0, 0.1) is 0 Å². The number of hydrogen-bond acceptors (Lipinski definition) is 5. The molecule has 1 aromatic carbocycles. The molecule has 7 heteroatoms. The number of furan rings is 1. The third kappa shape index (κ3) is 3.41. The van der Waals surface area contributed by atoms with E-state index in [2.05, 4.69) is 10.1 Å². The average Bonchev–Trinajstić information content (AvgIpc) is 3.32. The lowest BCUT2D eigenvalue weighted by Gasteiger charge is -1.99. The minimum absolute atomic E-state index is 0.117. The fourth-order valence-corrected chi connectivity index (χ4v) is 4.52. The summed E-state index contributed by atoms with van der Waals surface area (Å²) in [6, 6.07) is 13.2. The summed E-state index contributed by atoms with van der Waals surface area (Å²) in [4.78, 5) is 4.47. The molecule has 0 unspecified atom stereocenters. The molecule has 1 atom stereocenters. The Morgan fingerprint density at radius 3 is 2.72 bits per heavy atom. The summed E-state index contributed by atoms with van der Waals surface area (Å²) in [5.74, 6) is 0.977. The van der Waals surface area contributed by atoms with Crippen molar-refractivity contribution in [2.45, 2.75) is 12.5 Å². The largest absolute Gasteiger partial charge is 0.463 e. The average molecular weight is 355 g/mol. The molecular weight excluding hydrogens is 338 g/mol. The Bertz CT molecular complexity index is 990. The Hall–Kier alpha value is -2.67. The maximum Gasteiger partial charge on any atom is 0.154 e. The van der Waals surface area contributed by atoms with Crippen LogP contribution in [0.25, 0.3) is 17.1 Å². The highest BCUT2D eigenvalue weighted by Gasteiger charge is 2.27. The van der Waals surface area contributed by atoms with Gasteiger partial charge in [-0.15, -0.1) is 0 Å². The van der Waals surface area contributed by atoms with Crippen molar-refractivity contribution < 1.29 is 12.8 Å². The number of sulfone groups is 1. The van der Waals surface area contributed by atoms with E-state index in [0.29, 0.717) is 17.9 Å². The number of aromatic nitrogens is 2. The molecule has 2 aromatic heterocycles. The van der Waals surface area contributed by atoms with Gasteiger partial charge >= 0.3 is 0 Å². The second-order valence-electron chi connectivity index (χ2n) is 6.03. The minimum atomic E-state index is -2.94. The molecule has 3 aromatic rings. The van der Waals surface area contributed by atoms with E-state index >= 15 is 0 Å². The predicted octanol–water partition coefficient (Wildman–Crippen LogP) is 2.74. The predicted molar refractivity (Wildman–Crippen MR) is 95.9 cm³/mol. The molecule has 25 heavy (non-hydrogen) atoms. The molecule has 0 N–H and O–H groups in total. The van der Waals surface area contributed by atoms with Gasteiger partial charge in [-0.25, -0.2) is 13.1 Å². The first kappa shape index (κ1) is 15.8. The molecular formula is C18H17N3O3S.